The molecule has 8 heteroatoms. The number of alkyl halides is 7. The number of rotatable bonds is 4. The fourth-order valence-corrected chi connectivity index (χ4v) is 2.16. The SMILES string of the molecule is CC(C)(C)c1ccccc1C(O)CC(F)(F)C(F)(F)C(F)(F)F. The van der Waals surface area contributed by atoms with E-state index in [-0.39, 0.29) is 5.56 Å². The lowest BCUT2D eigenvalue weighted by Crippen LogP contribution is -2.52. The Morgan fingerprint density at radius 3 is 1.83 bits per heavy atom. The molecule has 0 bridgehead atoms. The minimum atomic E-state index is -6.40. The molecule has 0 amide bonds. The van der Waals surface area contributed by atoms with E-state index in [1.54, 1.807) is 26.8 Å². The van der Waals surface area contributed by atoms with Crippen LogP contribution in [0.1, 0.15) is 44.4 Å². The fourth-order valence-electron chi connectivity index (χ4n) is 2.16. The molecule has 0 saturated heterocycles. The average Bonchev–Trinajstić information content (AvgIpc) is 2.35. The third-order valence-electron chi connectivity index (χ3n) is 3.39. The van der Waals surface area contributed by atoms with Crippen molar-refractivity contribution >= 4 is 0 Å². The van der Waals surface area contributed by atoms with Gasteiger partial charge in [-0.2, -0.15) is 30.7 Å². The molecule has 1 rings (SSSR count). The molecule has 1 atom stereocenters. The summed E-state index contributed by atoms with van der Waals surface area (Å²) in [6, 6.07) is 5.67. The lowest BCUT2D eigenvalue weighted by molar-refractivity contribution is -0.358. The molecule has 0 fully saturated rings. The van der Waals surface area contributed by atoms with Gasteiger partial charge in [-0.1, -0.05) is 45.0 Å². The van der Waals surface area contributed by atoms with E-state index in [9.17, 15) is 35.8 Å². The predicted molar refractivity (Wildman–Crippen MR) is 70.7 cm³/mol. The van der Waals surface area contributed by atoms with Crippen molar-refractivity contribution in [3.05, 3.63) is 35.4 Å². The number of halogens is 7. The van der Waals surface area contributed by atoms with E-state index in [1.807, 2.05) is 0 Å². The van der Waals surface area contributed by atoms with Crippen LogP contribution < -0.4 is 0 Å². The Morgan fingerprint density at radius 1 is 0.913 bits per heavy atom. The summed E-state index contributed by atoms with van der Waals surface area (Å²) in [6.45, 7) is 5.09. The van der Waals surface area contributed by atoms with Crippen LogP contribution in [0.4, 0.5) is 30.7 Å². The van der Waals surface area contributed by atoms with Crippen LogP contribution in [0.25, 0.3) is 0 Å². The monoisotopic (exact) mass is 346 g/mol. The van der Waals surface area contributed by atoms with Crippen molar-refractivity contribution in [2.24, 2.45) is 0 Å². The maximum absolute atomic E-state index is 13.4. The van der Waals surface area contributed by atoms with E-state index in [0.717, 1.165) is 0 Å². The Kier molecular flexibility index (Phi) is 5.11. The molecule has 23 heavy (non-hydrogen) atoms. The molecular formula is C15H17F7O. The highest BCUT2D eigenvalue weighted by Crippen LogP contribution is 2.50. The Morgan fingerprint density at radius 2 is 1.39 bits per heavy atom. The van der Waals surface area contributed by atoms with Gasteiger partial charge in [0.2, 0.25) is 0 Å². The average molecular weight is 346 g/mol. The quantitative estimate of drug-likeness (QED) is 0.739. The molecule has 0 radical (unpaired) electrons. The molecule has 1 aromatic rings. The van der Waals surface area contributed by atoms with Crippen molar-refractivity contribution in [1.29, 1.82) is 0 Å². The van der Waals surface area contributed by atoms with Crippen molar-refractivity contribution in [2.75, 3.05) is 0 Å². The standard InChI is InChI=1S/C15H17F7O/c1-12(2,3)10-7-5-4-6-9(10)11(23)8-13(16,17)14(18,19)15(20,21)22/h4-7,11,23H,8H2,1-3H3. The third-order valence-corrected chi connectivity index (χ3v) is 3.39. The second-order valence-electron chi connectivity index (χ2n) is 6.33. The summed E-state index contributed by atoms with van der Waals surface area (Å²) in [6.07, 6.45) is -10.6. The van der Waals surface area contributed by atoms with E-state index in [4.69, 9.17) is 0 Å². The summed E-state index contributed by atoms with van der Waals surface area (Å²) in [5.41, 5.74) is -0.323. The molecule has 0 saturated carbocycles. The number of aliphatic hydroxyl groups excluding tert-OH is 1. The second-order valence-corrected chi connectivity index (χ2v) is 6.33. The van der Waals surface area contributed by atoms with Crippen molar-refractivity contribution < 1.29 is 35.8 Å². The molecule has 0 aliphatic rings. The first-order chi connectivity index (χ1) is 10.1. The van der Waals surface area contributed by atoms with Crippen LogP contribution in [0.15, 0.2) is 24.3 Å². The van der Waals surface area contributed by atoms with Crippen molar-refractivity contribution in [2.45, 2.75) is 56.7 Å². The van der Waals surface area contributed by atoms with Gasteiger partial charge >= 0.3 is 18.0 Å². The molecule has 1 nitrogen and oxygen atoms in total. The molecule has 1 N–H and O–H groups in total. The van der Waals surface area contributed by atoms with Gasteiger partial charge in [0.25, 0.3) is 0 Å². The summed E-state index contributed by atoms with van der Waals surface area (Å²) < 4.78 is 89.1. The molecule has 0 aliphatic heterocycles. The minimum absolute atomic E-state index is 0.0994. The van der Waals surface area contributed by atoms with Crippen LogP contribution in [0.3, 0.4) is 0 Å². The highest BCUT2D eigenvalue weighted by Gasteiger charge is 2.72. The van der Waals surface area contributed by atoms with Gasteiger partial charge in [-0.05, 0) is 16.5 Å². The van der Waals surface area contributed by atoms with Gasteiger partial charge in [0.1, 0.15) is 0 Å². The Hall–Kier alpha value is -1.31. The highest BCUT2D eigenvalue weighted by atomic mass is 19.4. The van der Waals surface area contributed by atoms with Crippen LogP contribution in [0, 0.1) is 0 Å². The summed E-state index contributed by atoms with van der Waals surface area (Å²) in [7, 11) is 0. The predicted octanol–water partition coefficient (Wildman–Crippen LogP) is 5.24. The van der Waals surface area contributed by atoms with Crippen LogP contribution in [-0.4, -0.2) is 23.1 Å². The first kappa shape index (κ1) is 19.7. The number of hydrogen-bond acceptors (Lipinski definition) is 1. The van der Waals surface area contributed by atoms with Gasteiger partial charge in [-0.25, -0.2) is 0 Å². The Labute approximate surface area is 129 Å². The molecule has 1 aromatic carbocycles. The summed E-state index contributed by atoms with van der Waals surface area (Å²) in [4.78, 5) is 0. The van der Waals surface area contributed by atoms with Crippen LogP contribution >= 0.6 is 0 Å². The second kappa shape index (κ2) is 5.96. The van der Waals surface area contributed by atoms with Crippen LogP contribution in [0.2, 0.25) is 0 Å². The van der Waals surface area contributed by atoms with Gasteiger partial charge in [0, 0.05) is 6.42 Å². The number of hydrogen-bond donors (Lipinski definition) is 1. The first-order valence-corrected chi connectivity index (χ1v) is 6.71. The maximum atomic E-state index is 13.4. The minimum Gasteiger partial charge on any atom is -0.388 e. The van der Waals surface area contributed by atoms with E-state index >= 15 is 0 Å². The van der Waals surface area contributed by atoms with E-state index < -0.39 is 36.0 Å². The zero-order chi connectivity index (χ0) is 18.3. The summed E-state index contributed by atoms with van der Waals surface area (Å²) in [5, 5.41) is 9.85. The van der Waals surface area contributed by atoms with Gasteiger partial charge in [-0.15, -0.1) is 0 Å². The fraction of sp³-hybridized carbons (Fsp3) is 0.600. The summed E-state index contributed by atoms with van der Waals surface area (Å²) in [5.74, 6) is -11.7. The first-order valence-electron chi connectivity index (χ1n) is 6.71. The topological polar surface area (TPSA) is 20.2 Å². The Balaban J connectivity index is 3.17. The normalized spacial score (nSPS) is 15.6. The molecular weight excluding hydrogens is 329 g/mol. The smallest absolute Gasteiger partial charge is 0.388 e. The number of benzene rings is 1. The third kappa shape index (κ3) is 3.97. The zero-order valence-corrected chi connectivity index (χ0v) is 12.7. The van der Waals surface area contributed by atoms with E-state index in [1.165, 1.54) is 18.2 Å². The Bertz CT molecular complexity index is 543. The molecule has 0 aliphatic carbocycles. The van der Waals surface area contributed by atoms with Crippen LogP contribution in [0.5, 0.6) is 0 Å². The molecule has 132 valence electrons. The largest absolute Gasteiger partial charge is 0.459 e. The lowest BCUT2D eigenvalue weighted by atomic mass is 9.81. The number of aliphatic hydroxyl groups is 1. The van der Waals surface area contributed by atoms with Gasteiger partial charge < -0.3 is 5.11 Å². The van der Waals surface area contributed by atoms with Crippen molar-refractivity contribution in [3.63, 3.8) is 0 Å². The molecule has 1 unspecified atom stereocenters. The lowest BCUT2D eigenvalue weighted by Gasteiger charge is -2.31. The maximum Gasteiger partial charge on any atom is 0.459 e. The van der Waals surface area contributed by atoms with E-state index in [0.29, 0.717) is 5.56 Å². The zero-order valence-electron chi connectivity index (χ0n) is 12.7. The molecule has 0 heterocycles. The van der Waals surface area contributed by atoms with Crippen molar-refractivity contribution in [1.82, 2.24) is 0 Å². The van der Waals surface area contributed by atoms with Gasteiger partial charge in [0.05, 0.1) is 6.10 Å². The van der Waals surface area contributed by atoms with Gasteiger partial charge in [0.15, 0.2) is 0 Å². The highest BCUT2D eigenvalue weighted by molar-refractivity contribution is 5.34. The molecule has 0 spiro atoms. The van der Waals surface area contributed by atoms with E-state index in [2.05, 4.69) is 0 Å². The molecule has 0 aromatic heterocycles. The van der Waals surface area contributed by atoms with Crippen molar-refractivity contribution in [3.8, 4) is 0 Å². The van der Waals surface area contributed by atoms with Gasteiger partial charge in [-0.3, -0.25) is 0 Å². The summed E-state index contributed by atoms with van der Waals surface area (Å²) >= 11 is 0. The van der Waals surface area contributed by atoms with Crippen LogP contribution in [-0.2, 0) is 5.41 Å².